The molecule has 2 fully saturated rings. The van der Waals surface area contributed by atoms with Crippen molar-refractivity contribution in [2.75, 3.05) is 20.3 Å². The van der Waals surface area contributed by atoms with Gasteiger partial charge in [0.2, 0.25) is 11.8 Å². The van der Waals surface area contributed by atoms with Crippen molar-refractivity contribution in [1.29, 1.82) is 0 Å². The van der Waals surface area contributed by atoms with Crippen LogP contribution in [0.1, 0.15) is 49.7 Å². The number of methoxy groups -OCH3 is 1. The van der Waals surface area contributed by atoms with Crippen LogP contribution in [0.4, 0.5) is 0 Å². The number of rotatable bonds is 12. The molecule has 4 N–H and O–H groups in total. The largest absolute Gasteiger partial charge is 0.493 e. The molecule has 2 bridgehead atoms. The number of aliphatic hydroxyl groups excluding tert-OH is 3. The third kappa shape index (κ3) is 7.35. The Labute approximate surface area is 266 Å². The molecule has 9 nitrogen and oxygen atoms in total. The molecule has 6 atom stereocenters. The fourth-order valence-corrected chi connectivity index (χ4v) is 7.83. The van der Waals surface area contributed by atoms with E-state index in [1.54, 1.807) is 23.1 Å². The van der Waals surface area contributed by atoms with Gasteiger partial charge >= 0.3 is 0 Å². The fraction of sp³-hybridized carbons (Fsp3) is 0.515. The number of carbonyl (C=O) groups is 2. The van der Waals surface area contributed by atoms with Crippen LogP contribution >= 0.6 is 22.6 Å². The second-order valence-electron chi connectivity index (χ2n) is 11.9. The first-order chi connectivity index (χ1) is 20.8. The number of hydrogen-bond donors (Lipinski definition) is 4. The van der Waals surface area contributed by atoms with Crippen LogP contribution in [-0.4, -0.2) is 70.5 Å². The summed E-state index contributed by atoms with van der Waals surface area (Å²) in [6, 6.07) is 12.4. The second-order valence-corrected chi connectivity index (χ2v) is 13.1. The lowest BCUT2D eigenvalue weighted by molar-refractivity contribution is -0.141. The van der Waals surface area contributed by atoms with Crippen molar-refractivity contribution in [2.45, 2.75) is 69.9 Å². The van der Waals surface area contributed by atoms with Crippen molar-refractivity contribution < 1.29 is 34.4 Å². The Morgan fingerprint density at radius 3 is 2.53 bits per heavy atom. The van der Waals surface area contributed by atoms with Crippen LogP contribution in [0, 0.1) is 21.3 Å². The standard InChI is InChI=1S/C33H41IN2O7/c1-42-29-14-22(19-38)13-26(34)32(29)43-28-16-25(33(41)35-9-10-37)15-27(31(28)40)36(18-20-5-3-2-4-6-20)30(39)17-24-12-21-7-8-23(24)11-21/h2-6,13-14,16,21,23-24,27-28,31,37-38,40H,7-12,15,17-19H2,1H3,(H,35,41)/t21?,23?,24?,27-,28+,31+/m1/s1. The highest BCUT2D eigenvalue weighted by atomic mass is 127. The Bertz CT molecular complexity index is 1320. The van der Waals surface area contributed by atoms with Crippen LogP contribution in [0.5, 0.6) is 11.5 Å². The van der Waals surface area contributed by atoms with Crippen molar-refractivity contribution in [3.8, 4) is 11.5 Å². The van der Waals surface area contributed by atoms with Crippen molar-refractivity contribution in [1.82, 2.24) is 10.2 Å². The van der Waals surface area contributed by atoms with E-state index in [1.807, 2.05) is 30.3 Å². The van der Waals surface area contributed by atoms with Gasteiger partial charge < -0.3 is 35.0 Å². The molecular formula is C33H41IN2O7. The number of carbonyl (C=O) groups excluding carboxylic acids is 2. The summed E-state index contributed by atoms with van der Waals surface area (Å²) in [5.74, 6) is 1.99. The molecule has 232 valence electrons. The molecule has 3 aliphatic rings. The lowest BCUT2D eigenvalue weighted by Gasteiger charge is -2.41. The lowest BCUT2D eigenvalue weighted by atomic mass is 9.84. The van der Waals surface area contributed by atoms with Crippen LogP contribution in [0.2, 0.25) is 0 Å². The van der Waals surface area contributed by atoms with Gasteiger partial charge in [0.05, 0.1) is 29.9 Å². The average Bonchev–Trinajstić information content (AvgIpc) is 3.64. The van der Waals surface area contributed by atoms with Gasteiger partial charge in [0.15, 0.2) is 11.5 Å². The Morgan fingerprint density at radius 1 is 1.09 bits per heavy atom. The SMILES string of the molecule is COc1cc(CO)cc(I)c1O[C@H]1C=C(C(=O)NCCO)C[C@@H](N(Cc2ccccc2)C(=O)CC2CC3CCC2C3)[C@@H]1O. The highest BCUT2D eigenvalue weighted by molar-refractivity contribution is 14.1. The minimum Gasteiger partial charge on any atom is -0.493 e. The normalized spacial score (nSPS) is 26.1. The number of aliphatic hydroxyl groups is 3. The number of ether oxygens (including phenoxy) is 2. The molecule has 2 saturated carbocycles. The van der Waals surface area contributed by atoms with E-state index in [2.05, 4.69) is 27.9 Å². The summed E-state index contributed by atoms with van der Waals surface area (Å²) in [7, 11) is 1.50. The molecule has 0 aromatic heterocycles. The predicted molar refractivity (Wildman–Crippen MR) is 169 cm³/mol. The minimum absolute atomic E-state index is 0.0271. The van der Waals surface area contributed by atoms with Gasteiger partial charge in [-0.05, 0) is 88.9 Å². The monoisotopic (exact) mass is 704 g/mol. The number of nitrogens with one attached hydrogen (secondary N) is 1. The highest BCUT2D eigenvalue weighted by Gasteiger charge is 2.44. The molecule has 3 unspecified atom stereocenters. The first kappa shape index (κ1) is 31.7. The zero-order valence-electron chi connectivity index (χ0n) is 24.5. The Morgan fingerprint density at radius 2 is 1.88 bits per heavy atom. The maximum Gasteiger partial charge on any atom is 0.247 e. The van der Waals surface area contributed by atoms with E-state index in [4.69, 9.17) is 9.47 Å². The van der Waals surface area contributed by atoms with E-state index >= 15 is 0 Å². The molecule has 43 heavy (non-hydrogen) atoms. The van der Waals surface area contributed by atoms with Gasteiger partial charge in [-0.3, -0.25) is 9.59 Å². The maximum absolute atomic E-state index is 14.1. The average molecular weight is 705 g/mol. The Balaban J connectivity index is 1.48. The quantitative estimate of drug-likeness (QED) is 0.249. The number of nitrogens with zero attached hydrogens (tertiary/aromatic N) is 1. The van der Waals surface area contributed by atoms with Gasteiger partial charge in [0.25, 0.3) is 0 Å². The molecule has 0 saturated heterocycles. The minimum atomic E-state index is -1.14. The highest BCUT2D eigenvalue weighted by Crippen LogP contribution is 2.50. The van der Waals surface area contributed by atoms with Gasteiger partial charge in [-0.1, -0.05) is 36.8 Å². The third-order valence-electron chi connectivity index (χ3n) is 9.18. The second kappa shape index (κ2) is 14.4. The zero-order valence-corrected chi connectivity index (χ0v) is 26.6. The van der Waals surface area contributed by atoms with Crippen LogP contribution in [-0.2, 0) is 22.7 Å². The molecular weight excluding hydrogens is 663 g/mol. The number of amides is 2. The molecule has 2 aromatic rings. The molecule has 3 aliphatic carbocycles. The predicted octanol–water partition coefficient (Wildman–Crippen LogP) is 3.56. The van der Waals surface area contributed by atoms with E-state index in [-0.39, 0.29) is 38.0 Å². The van der Waals surface area contributed by atoms with Crippen molar-refractivity contribution >= 4 is 34.4 Å². The Kier molecular flexibility index (Phi) is 10.6. The summed E-state index contributed by atoms with van der Waals surface area (Å²) < 4.78 is 12.6. The van der Waals surface area contributed by atoms with Gasteiger partial charge in [0, 0.05) is 31.5 Å². The molecule has 2 aromatic carbocycles. The lowest BCUT2D eigenvalue weighted by Crippen LogP contribution is -2.55. The van der Waals surface area contributed by atoms with Crippen LogP contribution < -0.4 is 14.8 Å². The molecule has 2 amide bonds. The van der Waals surface area contributed by atoms with E-state index in [9.17, 15) is 24.9 Å². The zero-order chi connectivity index (χ0) is 30.5. The summed E-state index contributed by atoms with van der Waals surface area (Å²) in [5, 5.41) is 33.5. The van der Waals surface area contributed by atoms with Gasteiger partial charge in [0.1, 0.15) is 12.2 Å². The molecule has 0 heterocycles. The topological polar surface area (TPSA) is 129 Å². The number of halogens is 1. The van der Waals surface area contributed by atoms with Crippen LogP contribution in [0.3, 0.4) is 0 Å². The van der Waals surface area contributed by atoms with Crippen LogP contribution in [0.25, 0.3) is 0 Å². The van der Waals surface area contributed by atoms with E-state index in [0.717, 1.165) is 12.0 Å². The fourth-order valence-electron chi connectivity index (χ4n) is 7.03. The van der Waals surface area contributed by atoms with E-state index < -0.39 is 18.2 Å². The molecule has 10 heteroatoms. The summed E-state index contributed by atoms with van der Waals surface area (Å²) in [5.41, 5.74) is 1.96. The smallest absolute Gasteiger partial charge is 0.247 e. The molecule has 0 aliphatic heterocycles. The number of hydrogen-bond acceptors (Lipinski definition) is 7. The Hall–Kier alpha value is -2.67. The van der Waals surface area contributed by atoms with Crippen molar-refractivity contribution in [3.05, 3.63) is 68.8 Å². The first-order valence-electron chi connectivity index (χ1n) is 15.1. The first-order valence-corrected chi connectivity index (χ1v) is 16.1. The van der Waals surface area contributed by atoms with Gasteiger partial charge in [-0.15, -0.1) is 0 Å². The molecule has 0 spiro atoms. The van der Waals surface area contributed by atoms with E-state index in [0.29, 0.717) is 56.9 Å². The van der Waals surface area contributed by atoms with Gasteiger partial charge in [-0.2, -0.15) is 0 Å². The van der Waals surface area contributed by atoms with E-state index in [1.165, 1.54) is 26.4 Å². The molecule has 5 rings (SSSR count). The van der Waals surface area contributed by atoms with Crippen molar-refractivity contribution in [2.24, 2.45) is 17.8 Å². The summed E-state index contributed by atoms with van der Waals surface area (Å²) in [6.07, 6.45) is 4.77. The third-order valence-corrected chi connectivity index (χ3v) is 9.98. The van der Waals surface area contributed by atoms with Crippen LogP contribution in [0.15, 0.2) is 54.1 Å². The number of fused-ring (bicyclic) bond motifs is 2. The van der Waals surface area contributed by atoms with Crippen molar-refractivity contribution in [3.63, 3.8) is 0 Å². The summed E-state index contributed by atoms with van der Waals surface area (Å²) in [6.45, 7) is 0.00144. The number of benzene rings is 2. The maximum atomic E-state index is 14.1. The summed E-state index contributed by atoms with van der Waals surface area (Å²) in [4.78, 5) is 29.1. The molecule has 0 radical (unpaired) electrons. The van der Waals surface area contributed by atoms with Gasteiger partial charge in [-0.25, -0.2) is 0 Å². The summed E-state index contributed by atoms with van der Waals surface area (Å²) >= 11 is 2.09.